The number of amides is 1. The maximum Gasteiger partial charge on any atom is 0.308 e. The second kappa shape index (κ2) is 7.81. The van der Waals surface area contributed by atoms with Crippen molar-refractivity contribution >= 4 is 27.6 Å². The first-order valence-corrected chi connectivity index (χ1v) is 9.81. The van der Waals surface area contributed by atoms with Crippen LogP contribution in [0.1, 0.15) is 23.2 Å². The van der Waals surface area contributed by atoms with Gasteiger partial charge >= 0.3 is 5.97 Å². The van der Waals surface area contributed by atoms with Crippen molar-refractivity contribution in [1.29, 1.82) is 0 Å². The molecule has 9 nitrogen and oxygen atoms in total. The van der Waals surface area contributed by atoms with Gasteiger partial charge in [0, 0.05) is 18.7 Å². The molecule has 1 heterocycles. The van der Waals surface area contributed by atoms with E-state index in [1.165, 1.54) is 31.3 Å². The third-order valence-electron chi connectivity index (χ3n) is 4.08. The van der Waals surface area contributed by atoms with E-state index in [4.69, 9.17) is 9.47 Å². The normalized spacial score (nSPS) is 17.5. The maximum absolute atomic E-state index is 12.8. The Hall–Kier alpha value is -2.49. The van der Waals surface area contributed by atoms with E-state index in [2.05, 4.69) is 4.72 Å². The Balaban J connectivity index is 2.40. The SMILES string of the molecule is COc1cc(C(=O)N2CCCC(C(=O)O)C2)cc(NS(C)(=O)=O)c1OC. The number of methoxy groups -OCH3 is 2. The van der Waals surface area contributed by atoms with Gasteiger partial charge in [-0.25, -0.2) is 8.42 Å². The Morgan fingerprint density at radius 3 is 2.50 bits per heavy atom. The van der Waals surface area contributed by atoms with Gasteiger partial charge in [0.2, 0.25) is 10.0 Å². The number of sulfonamides is 1. The molecule has 0 aromatic heterocycles. The number of hydrogen-bond acceptors (Lipinski definition) is 6. The highest BCUT2D eigenvalue weighted by Crippen LogP contribution is 2.37. The van der Waals surface area contributed by atoms with E-state index >= 15 is 0 Å². The Kier molecular flexibility index (Phi) is 5.96. The molecule has 0 aliphatic carbocycles. The van der Waals surface area contributed by atoms with Crippen molar-refractivity contribution < 1.29 is 32.6 Å². The van der Waals surface area contributed by atoms with E-state index in [1.807, 2.05) is 0 Å². The van der Waals surface area contributed by atoms with E-state index in [9.17, 15) is 23.1 Å². The van der Waals surface area contributed by atoms with Gasteiger partial charge < -0.3 is 19.5 Å². The van der Waals surface area contributed by atoms with E-state index in [1.54, 1.807) is 0 Å². The van der Waals surface area contributed by atoms with Crippen molar-refractivity contribution in [1.82, 2.24) is 4.90 Å². The van der Waals surface area contributed by atoms with Crippen LogP contribution in [0.15, 0.2) is 12.1 Å². The van der Waals surface area contributed by atoms with E-state index < -0.39 is 27.8 Å². The van der Waals surface area contributed by atoms with Gasteiger partial charge in [0.25, 0.3) is 5.91 Å². The quantitative estimate of drug-likeness (QED) is 0.748. The summed E-state index contributed by atoms with van der Waals surface area (Å²) in [6, 6.07) is 2.80. The second-order valence-electron chi connectivity index (χ2n) is 6.06. The lowest BCUT2D eigenvalue weighted by Gasteiger charge is -2.31. The number of carboxylic acids is 1. The molecular formula is C16H22N2O7S. The molecule has 1 aliphatic heterocycles. The molecule has 1 atom stereocenters. The fourth-order valence-corrected chi connectivity index (χ4v) is 3.46. The number of benzene rings is 1. The Morgan fingerprint density at radius 2 is 1.96 bits per heavy atom. The van der Waals surface area contributed by atoms with E-state index in [0.717, 1.165) is 6.26 Å². The van der Waals surface area contributed by atoms with Gasteiger partial charge in [-0.3, -0.25) is 14.3 Å². The van der Waals surface area contributed by atoms with Crippen molar-refractivity contribution in [3.63, 3.8) is 0 Å². The molecule has 144 valence electrons. The van der Waals surface area contributed by atoms with Crippen LogP contribution >= 0.6 is 0 Å². The zero-order valence-corrected chi connectivity index (χ0v) is 15.6. The first kappa shape index (κ1) is 19.8. The third kappa shape index (κ3) is 4.57. The van der Waals surface area contributed by atoms with E-state index in [-0.39, 0.29) is 29.3 Å². The van der Waals surface area contributed by atoms with Crippen LogP contribution in [0.4, 0.5) is 5.69 Å². The fraction of sp³-hybridized carbons (Fsp3) is 0.500. The van der Waals surface area contributed by atoms with Crippen LogP contribution in [0.2, 0.25) is 0 Å². The standard InChI is InChI=1S/C16H22N2O7S/c1-24-13-8-11(7-12(14(13)25-2)17-26(3,22)23)15(19)18-6-4-5-10(9-18)16(20)21/h7-8,10,17H,4-6,9H2,1-3H3,(H,20,21). The first-order chi connectivity index (χ1) is 12.2. The summed E-state index contributed by atoms with van der Waals surface area (Å²) in [5.74, 6) is -1.60. The lowest BCUT2D eigenvalue weighted by Crippen LogP contribution is -2.42. The second-order valence-corrected chi connectivity index (χ2v) is 7.81. The molecule has 1 fully saturated rings. The van der Waals surface area contributed by atoms with Gasteiger partial charge in [-0.15, -0.1) is 0 Å². The van der Waals surface area contributed by atoms with Gasteiger partial charge in [-0.05, 0) is 25.0 Å². The summed E-state index contributed by atoms with van der Waals surface area (Å²) in [5, 5.41) is 9.18. The Bertz CT molecular complexity index is 807. The molecule has 2 N–H and O–H groups in total. The van der Waals surface area contributed by atoms with Crippen LogP contribution in [0, 0.1) is 5.92 Å². The highest BCUT2D eigenvalue weighted by atomic mass is 32.2. The summed E-state index contributed by atoms with van der Waals surface area (Å²) in [6.45, 7) is 0.545. The summed E-state index contributed by atoms with van der Waals surface area (Å²) in [4.78, 5) is 25.5. The van der Waals surface area contributed by atoms with E-state index in [0.29, 0.717) is 19.4 Å². The number of ether oxygens (including phenoxy) is 2. The molecule has 2 rings (SSSR count). The number of anilines is 1. The molecule has 1 aromatic rings. The number of likely N-dealkylation sites (tertiary alicyclic amines) is 1. The molecule has 1 aromatic carbocycles. The number of carbonyl (C=O) groups is 2. The number of rotatable bonds is 6. The molecular weight excluding hydrogens is 364 g/mol. The van der Waals surface area contributed by atoms with Gasteiger partial charge in [0.05, 0.1) is 32.1 Å². The molecule has 0 spiro atoms. The Labute approximate surface area is 151 Å². The highest BCUT2D eigenvalue weighted by Gasteiger charge is 2.29. The van der Waals surface area contributed by atoms with Crippen molar-refractivity contribution in [3.8, 4) is 11.5 Å². The van der Waals surface area contributed by atoms with Crippen LogP contribution in [0.3, 0.4) is 0 Å². The van der Waals surface area contributed by atoms with Gasteiger partial charge in [0.15, 0.2) is 11.5 Å². The summed E-state index contributed by atoms with van der Waals surface area (Å²) >= 11 is 0. The minimum Gasteiger partial charge on any atom is -0.493 e. The smallest absolute Gasteiger partial charge is 0.308 e. The molecule has 26 heavy (non-hydrogen) atoms. The monoisotopic (exact) mass is 386 g/mol. The molecule has 1 unspecified atom stereocenters. The van der Waals surface area contributed by atoms with Crippen molar-refractivity contribution in [2.45, 2.75) is 12.8 Å². The topological polar surface area (TPSA) is 122 Å². The van der Waals surface area contributed by atoms with Gasteiger partial charge in [-0.2, -0.15) is 0 Å². The number of aliphatic carboxylic acids is 1. The highest BCUT2D eigenvalue weighted by molar-refractivity contribution is 7.92. The van der Waals surface area contributed by atoms with Crippen molar-refractivity contribution in [2.24, 2.45) is 5.92 Å². The number of piperidine rings is 1. The van der Waals surface area contributed by atoms with Gasteiger partial charge in [-0.1, -0.05) is 0 Å². The molecule has 0 bridgehead atoms. The van der Waals surface area contributed by atoms with Crippen LogP contribution in [0.5, 0.6) is 11.5 Å². The average molecular weight is 386 g/mol. The Morgan fingerprint density at radius 1 is 1.27 bits per heavy atom. The zero-order chi connectivity index (χ0) is 19.5. The van der Waals surface area contributed by atoms with Crippen LogP contribution in [-0.4, -0.2) is 63.9 Å². The predicted molar refractivity (Wildman–Crippen MR) is 94.3 cm³/mol. The number of nitrogens with one attached hydrogen (secondary N) is 1. The minimum absolute atomic E-state index is 0.0736. The van der Waals surface area contributed by atoms with Crippen LogP contribution in [-0.2, 0) is 14.8 Å². The zero-order valence-electron chi connectivity index (χ0n) is 14.8. The largest absolute Gasteiger partial charge is 0.493 e. The fourth-order valence-electron chi connectivity index (χ4n) is 2.91. The van der Waals surface area contributed by atoms with Crippen molar-refractivity contribution in [2.75, 3.05) is 38.3 Å². The van der Waals surface area contributed by atoms with Crippen LogP contribution < -0.4 is 14.2 Å². The lowest BCUT2D eigenvalue weighted by molar-refractivity contribution is -0.143. The molecule has 0 saturated carbocycles. The maximum atomic E-state index is 12.8. The number of carbonyl (C=O) groups excluding carboxylic acids is 1. The number of nitrogens with zero attached hydrogens (tertiary/aromatic N) is 1. The van der Waals surface area contributed by atoms with Crippen molar-refractivity contribution in [3.05, 3.63) is 17.7 Å². The third-order valence-corrected chi connectivity index (χ3v) is 4.67. The molecule has 1 amide bonds. The number of carboxylic acid groups (broad SMARTS) is 1. The average Bonchev–Trinajstić information content (AvgIpc) is 2.59. The summed E-state index contributed by atoms with van der Waals surface area (Å²) in [7, 11) is -0.881. The van der Waals surface area contributed by atoms with Crippen LogP contribution in [0.25, 0.3) is 0 Å². The first-order valence-electron chi connectivity index (χ1n) is 7.92. The molecule has 10 heteroatoms. The molecule has 0 radical (unpaired) electrons. The number of hydrogen-bond donors (Lipinski definition) is 2. The minimum atomic E-state index is -3.61. The molecule has 1 saturated heterocycles. The molecule has 1 aliphatic rings. The lowest BCUT2D eigenvalue weighted by atomic mass is 9.97. The predicted octanol–water partition coefficient (Wildman–Crippen LogP) is 1.01. The van der Waals surface area contributed by atoms with Gasteiger partial charge in [0.1, 0.15) is 0 Å². The summed E-state index contributed by atoms with van der Waals surface area (Å²) < 4.78 is 35.9. The summed E-state index contributed by atoms with van der Waals surface area (Å²) in [5.41, 5.74) is 0.254. The summed E-state index contributed by atoms with van der Waals surface area (Å²) in [6.07, 6.45) is 2.09.